The van der Waals surface area contributed by atoms with Gasteiger partial charge in [0.15, 0.2) is 0 Å². The van der Waals surface area contributed by atoms with Crippen molar-refractivity contribution in [2.45, 2.75) is 96.9 Å². The van der Waals surface area contributed by atoms with Crippen LogP contribution in [0.25, 0.3) is 0 Å². The quantitative estimate of drug-likeness (QED) is 0.116. The van der Waals surface area contributed by atoms with Crippen LogP contribution in [0.1, 0.15) is 78.6 Å². The van der Waals surface area contributed by atoms with E-state index in [-0.39, 0.29) is 29.6 Å². The second-order valence-electron chi connectivity index (χ2n) is 13.9. The van der Waals surface area contributed by atoms with Gasteiger partial charge in [-0.15, -0.1) is 19.7 Å². The van der Waals surface area contributed by atoms with Gasteiger partial charge in [-0.2, -0.15) is 8.42 Å². The molecule has 0 spiro atoms. The van der Waals surface area contributed by atoms with Crippen molar-refractivity contribution in [3.63, 3.8) is 0 Å². The maximum Gasteiger partial charge on any atom is 0.264 e. The molecule has 0 heterocycles. The lowest BCUT2D eigenvalue weighted by molar-refractivity contribution is -0.223. The average Bonchev–Trinajstić information content (AvgIpc) is 3.29. The summed E-state index contributed by atoms with van der Waals surface area (Å²) in [5.41, 5.74) is 0.279. The highest BCUT2D eigenvalue weighted by molar-refractivity contribution is 7.85. The van der Waals surface area contributed by atoms with Crippen LogP contribution in [-0.4, -0.2) is 59.4 Å². The van der Waals surface area contributed by atoms with E-state index in [1.54, 1.807) is 0 Å². The zero-order valence-corrected chi connectivity index (χ0v) is 26.9. The van der Waals surface area contributed by atoms with E-state index in [9.17, 15) is 8.42 Å². The second-order valence-corrected chi connectivity index (χ2v) is 15.6. The van der Waals surface area contributed by atoms with Crippen LogP contribution in [0.5, 0.6) is 0 Å². The zero-order chi connectivity index (χ0) is 29.8. The zero-order valence-electron chi connectivity index (χ0n) is 26.1. The van der Waals surface area contributed by atoms with Crippen molar-refractivity contribution < 1.29 is 26.8 Å². The predicted octanol–water partition coefficient (Wildman–Crippen LogP) is 6.97. The second kappa shape index (κ2) is 13.8. The number of fused-ring (bicyclic) bond motifs is 5. The lowest BCUT2D eigenvalue weighted by Crippen LogP contribution is -2.63. The van der Waals surface area contributed by atoms with Crippen molar-refractivity contribution >= 4 is 10.1 Å². The van der Waals surface area contributed by atoms with Crippen LogP contribution in [0.3, 0.4) is 0 Å². The van der Waals surface area contributed by atoms with Gasteiger partial charge < -0.3 is 14.2 Å². The molecule has 0 aliphatic heterocycles. The minimum atomic E-state index is -3.40. The number of hydrogen-bond acceptors (Lipinski definition) is 6. The molecular formula is C34H56O6S. The Hall–Kier alpha value is -0.990. The Balaban J connectivity index is 1.61. The van der Waals surface area contributed by atoms with Gasteiger partial charge in [0.2, 0.25) is 0 Å². The topological polar surface area (TPSA) is 71.1 Å². The molecule has 4 rings (SSSR count). The summed E-state index contributed by atoms with van der Waals surface area (Å²) in [7, 11) is -3.40. The van der Waals surface area contributed by atoms with Gasteiger partial charge in [-0.25, -0.2) is 0 Å². The van der Waals surface area contributed by atoms with E-state index in [0.717, 1.165) is 44.8 Å². The molecule has 0 aromatic carbocycles. The number of hydrogen-bond donors (Lipinski definition) is 0. The van der Waals surface area contributed by atoms with Crippen LogP contribution < -0.4 is 0 Å². The molecule has 0 bridgehead atoms. The molecule has 4 saturated carbocycles. The van der Waals surface area contributed by atoms with Crippen molar-refractivity contribution in [3.8, 4) is 0 Å². The van der Waals surface area contributed by atoms with Gasteiger partial charge in [0.25, 0.3) is 10.1 Å². The summed E-state index contributed by atoms with van der Waals surface area (Å²) >= 11 is 0. The maximum atomic E-state index is 11.5. The number of rotatable bonds is 15. The molecule has 0 amide bonds. The molecule has 4 aliphatic carbocycles. The molecule has 41 heavy (non-hydrogen) atoms. The molecule has 4 aliphatic rings. The highest BCUT2D eigenvalue weighted by atomic mass is 32.2. The van der Waals surface area contributed by atoms with E-state index in [0.29, 0.717) is 61.4 Å². The first-order valence-corrected chi connectivity index (χ1v) is 17.8. The molecule has 0 N–H and O–H groups in total. The largest absolute Gasteiger partial charge is 0.374 e. The molecule has 4 fully saturated rings. The van der Waals surface area contributed by atoms with Gasteiger partial charge in [0.1, 0.15) is 0 Å². The lowest BCUT2D eigenvalue weighted by Gasteiger charge is -2.64. The van der Waals surface area contributed by atoms with Gasteiger partial charge in [-0.05, 0) is 98.7 Å². The first kappa shape index (κ1) is 32.9. The summed E-state index contributed by atoms with van der Waals surface area (Å²) < 4.78 is 47.6. The van der Waals surface area contributed by atoms with Gasteiger partial charge in [0.05, 0.1) is 51.0 Å². The maximum absolute atomic E-state index is 11.5. The van der Waals surface area contributed by atoms with E-state index < -0.39 is 10.1 Å². The van der Waals surface area contributed by atoms with Gasteiger partial charge in [-0.3, -0.25) is 4.18 Å². The fourth-order valence-electron chi connectivity index (χ4n) is 10.0. The monoisotopic (exact) mass is 592 g/mol. The van der Waals surface area contributed by atoms with Gasteiger partial charge in [-0.1, -0.05) is 39.0 Å². The van der Waals surface area contributed by atoms with Crippen molar-refractivity contribution in [3.05, 3.63) is 38.0 Å². The van der Waals surface area contributed by atoms with Gasteiger partial charge >= 0.3 is 0 Å². The van der Waals surface area contributed by atoms with Crippen LogP contribution in [-0.2, 0) is 28.5 Å². The Morgan fingerprint density at radius 3 is 2.27 bits per heavy atom. The third-order valence-corrected chi connectivity index (χ3v) is 12.4. The molecule has 0 aromatic rings. The van der Waals surface area contributed by atoms with E-state index >= 15 is 0 Å². The van der Waals surface area contributed by atoms with Crippen LogP contribution in [0.4, 0.5) is 0 Å². The van der Waals surface area contributed by atoms with Crippen LogP contribution in [0.2, 0.25) is 0 Å². The Labute approximate surface area is 250 Å². The molecular weight excluding hydrogens is 536 g/mol. The number of ether oxygens (including phenoxy) is 3. The van der Waals surface area contributed by atoms with Crippen LogP contribution in [0, 0.1) is 46.3 Å². The predicted molar refractivity (Wildman–Crippen MR) is 165 cm³/mol. The smallest absolute Gasteiger partial charge is 0.264 e. The molecule has 0 radical (unpaired) electrons. The first-order valence-electron chi connectivity index (χ1n) is 16.0. The van der Waals surface area contributed by atoms with E-state index in [1.807, 2.05) is 18.2 Å². The van der Waals surface area contributed by atoms with E-state index in [2.05, 4.69) is 40.5 Å². The summed E-state index contributed by atoms with van der Waals surface area (Å²) in [6, 6.07) is 0. The summed E-state index contributed by atoms with van der Waals surface area (Å²) in [5, 5.41) is 0. The van der Waals surface area contributed by atoms with Crippen molar-refractivity contribution in [2.75, 3.05) is 32.7 Å². The molecule has 0 unspecified atom stereocenters. The minimum Gasteiger partial charge on any atom is -0.374 e. The summed E-state index contributed by atoms with van der Waals surface area (Å²) in [6.45, 7) is 21.3. The molecule has 0 saturated heterocycles. The SMILES string of the molecule is C=CCO[C@@H]1CC[C@@]2(C)[C@@H](C1)C[C@@H](OCC=C)[C@@H]1[C@@H]2C[C@H](OCC=C)[C@]2(C)[C@@H]([C@H](C)CCCOS(C)(=O)=O)CC[C@@H]12. The Bertz CT molecular complexity index is 1010. The van der Waals surface area contributed by atoms with E-state index in [1.165, 1.54) is 19.3 Å². The highest BCUT2D eigenvalue weighted by Crippen LogP contribution is 2.69. The molecule has 6 nitrogen and oxygen atoms in total. The highest BCUT2D eigenvalue weighted by Gasteiger charge is 2.66. The Morgan fingerprint density at radius 2 is 1.59 bits per heavy atom. The third kappa shape index (κ3) is 6.90. The molecule has 11 atom stereocenters. The fraction of sp³-hybridized carbons (Fsp3) is 0.824. The average molecular weight is 593 g/mol. The van der Waals surface area contributed by atoms with Crippen LogP contribution >= 0.6 is 0 Å². The molecule has 7 heteroatoms. The van der Waals surface area contributed by atoms with E-state index in [4.69, 9.17) is 18.4 Å². The standard InChI is InChI=1S/C34H56O6S/c1-8-17-37-26-15-16-33(5)25(21-26)22-30(38-18-9-2)32-28-14-13-27(24(4)12-11-20-40-41(7,35)36)34(28,6)31(23-29(32)33)39-19-10-3/h8-10,24-32H,1-3,11-23H2,4-7H3/t24-,25+,26-,27-,28+,29+,30-,31+,32+,33+,34-/m1/s1. The Kier molecular flexibility index (Phi) is 11.0. The van der Waals surface area contributed by atoms with Gasteiger partial charge in [0, 0.05) is 5.41 Å². The Morgan fingerprint density at radius 1 is 0.902 bits per heavy atom. The van der Waals surface area contributed by atoms with Crippen molar-refractivity contribution in [1.29, 1.82) is 0 Å². The minimum absolute atomic E-state index is 0.0323. The first-order chi connectivity index (χ1) is 19.5. The summed E-state index contributed by atoms with van der Waals surface area (Å²) in [4.78, 5) is 0. The lowest BCUT2D eigenvalue weighted by atomic mass is 9.43. The van der Waals surface area contributed by atoms with Crippen LogP contribution in [0.15, 0.2) is 38.0 Å². The molecule has 0 aromatic heterocycles. The summed E-state index contributed by atoms with van der Waals surface area (Å²) in [6.07, 6.45) is 17.1. The molecule has 234 valence electrons. The third-order valence-electron chi connectivity index (χ3n) is 11.8. The summed E-state index contributed by atoms with van der Waals surface area (Å²) in [5.74, 6) is 3.10. The fourth-order valence-corrected chi connectivity index (χ4v) is 10.5. The van der Waals surface area contributed by atoms with Crippen molar-refractivity contribution in [2.24, 2.45) is 46.3 Å². The van der Waals surface area contributed by atoms with Crippen molar-refractivity contribution in [1.82, 2.24) is 0 Å². The normalized spacial score (nSPS) is 41.1.